The lowest BCUT2D eigenvalue weighted by molar-refractivity contribution is -0.116. The van der Waals surface area contributed by atoms with Gasteiger partial charge < -0.3 is 10.1 Å². The Bertz CT molecular complexity index is 589. The zero-order valence-electron chi connectivity index (χ0n) is 11.2. The van der Waals surface area contributed by atoms with Crippen molar-refractivity contribution in [3.8, 4) is 0 Å². The smallest absolute Gasteiger partial charge is 0.238 e. The van der Waals surface area contributed by atoms with Gasteiger partial charge >= 0.3 is 0 Å². The van der Waals surface area contributed by atoms with Crippen LogP contribution >= 0.6 is 0 Å². The molecule has 0 heterocycles. The molecule has 0 bridgehead atoms. The summed E-state index contributed by atoms with van der Waals surface area (Å²) in [5.41, 5.74) is -0.216. The molecule has 0 fully saturated rings. The normalized spacial score (nSPS) is 13.0. The largest absolute Gasteiger partial charge is 0.382 e. The number of carbonyl (C=O) groups excluding carboxylic acids is 1. The molecule has 1 aromatic carbocycles. The molecule has 0 saturated heterocycles. The van der Waals surface area contributed by atoms with E-state index in [0.717, 1.165) is 18.2 Å². The van der Waals surface area contributed by atoms with E-state index in [1.807, 2.05) is 0 Å². The summed E-state index contributed by atoms with van der Waals surface area (Å²) in [5.74, 6) is -1.16. The van der Waals surface area contributed by atoms with Crippen LogP contribution in [-0.4, -0.2) is 27.5 Å². The number of primary sulfonamides is 1. The number of amides is 1. The Kier molecular flexibility index (Phi) is 5.61. The maximum Gasteiger partial charge on any atom is 0.238 e. The zero-order chi connectivity index (χ0) is 15.3. The van der Waals surface area contributed by atoms with Gasteiger partial charge in [-0.1, -0.05) is 0 Å². The SMILES string of the molecule is COC(C)CCC(=O)Nc1cc(S(N)(=O)=O)ccc1F. The highest BCUT2D eigenvalue weighted by Gasteiger charge is 2.14. The number of carbonyl (C=O) groups is 1. The van der Waals surface area contributed by atoms with Crippen molar-refractivity contribution in [1.29, 1.82) is 0 Å². The van der Waals surface area contributed by atoms with E-state index in [4.69, 9.17) is 9.88 Å². The van der Waals surface area contributed by atoms with Crippen LogP contribution in [0.3, 0.4) is 0 Å². The fraction of sp³-hybridized carbons (Fsp3) is 0.417. The van der Waals surface area contributed by atoms with Crippen LogP contribution in [0.1, 0.15) is 19.8 Å². The summed E-state index contributed by atoms with van der Waals surface area (Å²) >= 11 is 0. The van der Waals surface area contributed by atoms with Gasteiger partial charge in [0, 0.05) is 13.5 Å². The van der Waals surface area contributed by atoms with Crippen molar-refractivity contribution in [2.75, 3.05) is 12.4 Å². The van der Waals surface area contributed by atoms with Crippen molar-refractivity contribution in [1.82, 2.24) is 0 Å². The van der Waals surface area contributed by atoms with Crippen LogP contribution < -0.4 is 10.5 Å². The highest BCUT2D eigenvalue weighted by atomic mass is 32.2. The van der Waals surface area contributed by atoms with E-state index in [0.29, 0.717) is 6.42 Å². The summed E-state index contributed by atoms with van der Waals surface area (Å²) in [6, 6.07) is 2.96. The number of halogens is 1. The molecule has 1 aromatic rings. The van der Waals surface area contributed by atoms with Gasteiger partial charge in [-0.25, -0.2) is 17.9 Å². The van der Waals surface area contributed by atoms with Crippen LogP contribution in [0, 0.1) is 5.82 Å². The van der Waals surface area contributed by atoms with Gasteiger partial charge in [0.1, 0.15) is 5.82 Å². The Hall–Kier alpha value is -1.51. The van der Waals surface area contributed by atoms with Crippen LogP contribution in [0.15, 0.2) is 23.1 Å². The van der Waals surface area contributed by atoms with Crippen LogP contribution in [0.2, 0.25) is 0 Å². The van der Waals surface area contributed by atoms with Crippen LogP contribution in [0.25, 0.3) is 0 Å². The summed E-state index contributed by atoms with van der Waals surface area (Å²) in [5, 5.41) is 7.26. The molecule has 0 saturated carbocycles. The number of anilines is 1. The van der Waals surface area contributed by atoms with Crippen molar-refractivity contribution in [2.24, 2.45) is 5.14 Å². The van der Waals surface area contributed by atoms with E-state index in [-0.39, 0.29) is 23.1 Å². The minimum atomic E-state index is -3.95. The maximum atomic E-state index is 13.5. The highest BCUT2D eigenvalue weighted by Crippen LogP contribution is 2.19. The number of hydrogen-bond donors (Lipinski definition) is 2. The summed E-state index contributed by atoms with van der Waals surface area (Å²) in [7, 11) is -2.42. The lowest BCUT2D eigenvalue weighted by atomic mass is 10.2. The molecule has 1 amide bonds. The first-order chi connectivity index (χ1) is 9.24. The minimum absolute atomic E-state index is 0.0960. The van der Waals surface area contributed by atoms with Gasteiger partial charge in [-0.3, -0.25) is 4.79 Å². The van der Waals surface area contributed by atoms with E-state index in [2.05, 4.69) is 5.32 Å². The maximum absolute atomic E-state index is 13.5. The van der Waals surface area contributed by atoms with E-state index in [9.17, 15) is 17.6 Å². The van der Waals surface area contributed by atoms with Crippen LogP contribution in [0.5, 0.6) is 0 Å². The van der Waals surface area contributed by atoms with E-state index < -0.39 is 21.7 Å². The fourth-order valence-electron chi connectivity index (χ4n) is 1.44. The highest BCUT2D eigenvalue weighted by molar-refractivity contribution is 7.89. The predicted octanol–water partition coefficient (Wildman–Crippen LogP) is 1.23. The first-order valence-electron chi connectivity index (χ1n) is 5.89. The Morgan fingerprint density at radius 2 is 2.15 bits per heavy atom. The number of hydrogen-bond acceptors (Lipinski definition) is 4. The molecule has 0 aliphatic rings. The average molecular weight is 304 g/mol. The second-order valence-corrected chi connectivity index (χ2v) is 5.88. The second-order valence-electron chi connectivity index (χ2n) is 4.32. The third-order valence-electron chi connectivity index (χ3n) is 2.72. The number of methoxy groups -OCH3 is 1. The Morgan fingerprint density at radius 3 is 2.70 bits per heavy atom. The van der Waals surface area contributed by atoms with Crippen molar-refractivity contribution >= 4 is 21.6 Å². The molecule has 1 unspecified atom stereocenters. The number of benzene rings is 1. The van der Waals surface area contributed by atoms with Gasteiger partial charge in [-0.2, -0.15) is 0 Å². The van der Waals surface area contributed by atoms with Gasteiger partial charge in [-0.05, 0) is 31.5 Å². The Morgan fingerprint density at radius 1 is 1.50 bits per heavy atom. The lowest BCUT2D eigenvalue weighted by Crippen LogP contribution is -2.17. The number of sulfonamides is 1. The van der Waals surface area contributed by atoms with E-state index >= 15 is 0 Å². The third kappa shape index (κ3) is 4.87. The first-order valence-corrected chi connectivity index (χ1v) is 7.43. The minimum Gasteiger partial charge on any atom is -0.382 e. The molecule has 3 N–H and O–H groups in total. The molecule has 8 heteroatoms. The molecule has 1 rings (SSSR count). The fourth-order valence-corrected chi connectivity index (χ4v) is 1.98. The molecule has 0 radical (unpaired) electrons. The summed E-state index contributed by atoms with van der Waals surface area (Å²) < 4.78 is 40.8. The van der Waals surface area contributed by atoms with Crippen LogP contribution in [-0.2, 0) is 19.6 Å². The number of ether oxygens (including phenoxy) is 1. The van der Waals surface area contributed by atoms with E-state index in [1.54, 1.807) is 6.92 Å². The quantitative estimate of drug-likeness (QED) is 0.825. The molecule has 0 spiro atoms. The molecule has 6 nitrogen and oxygen atoms in total. The molecule has 0 aliphatic carbocycles. The zero-order valence-corrected chi connectivity index (χ0v) is 12.0. The molecular formula is C12H17FN2O4S. The molecule has 1 atom stereocenters. The van der Waals surface area contributed by atoms with Gasteiger partial charge in [0.15, 0.2) is 0 Å². The van der Waals surface area contributed by atoms with Gasteiger partial charge in [0.2, 0.25) is 15.9 Å². The summed E-state index contributed by atoms with van der Waals surface area (Å²) in [6.45, 7) is 1.80. The average Bonchev–Trinajstić information content (AvgIpc) is 2.37. The van der Waals surface area contributed by atoms with Gasteiger partial charge in [0.05, 0.1) is 16.7 Å². The topological polar surface area (TPSA) is 98.5 Å². The predicted molar refractivity (Wildman–Crippen MR) is 72.1 cm³/mol. The Labute approximate surface area is 117 Å². The first kappa shape index (κ1) is 16.5. The van der Waals surface area contributed by atoms with Crippen molar-refractivity contribution in [3.63, 3.8) is 0 Å². The van der Waals surface area contributed by atoms with Crippen molar-refractivity contribution in [3.05, 3.63) is 24.0 Å². The number of nitrogens with two attached hydrogens (primary N) is 1. The number of nitrogens with one attached hydrogen (secondary N) is 1. The summed E-state index contributed by atoms with van der Waals surface area (Å²) in [4.78, 5) is 11.4. The van der Waals surface area contributed by atoms with Crippen molar-refractivity contribution < 1.29 is 22.3 Å². The standard InChI is InChI=1S/C12H17FN2O4S/c1-8(19-2)3-6-12(16)15-11-7-9(20(14,17)18)4-5-10(11)13/h4-5,7-8H,3,6H2,1-2H3,(H,15,16)(H2,14,17,18). The van der Waals surface area contributed by atoms with Crippen molar-refractivity contribution in [2.45, 2.75) is 30.8 Å². The summed E-state index contributed by atoms with van der Waals surface area (Å²) in [6.07, 6.45) is 0.508. The van der Waals surface area contributed by atoms with Gasteiger partial charge in [-0.15, -0.1) is 0 Å². The molecule has 20 heavy (non-hydrogen) atoms. The lowest BCUT2D eigenvalue weighted by Gasteiger charge is -2.10. The van der Waals surface area contributed by atoms with Crippen LogP contribution in [0.4, 0.5) is 10.1 Å². The third-order valence-corrected chi connectivity index (χ3v) is 3.63. The molecule has 112 valence electrons. The molecule has 0 aromatic heterocycles. The molecular weight excluding hydrogens is 287 g/mol. The second kappa shape index (κ2) is 6.78. The monoisotopic (exact) mass is 304 g/mol. The molecule has 0 aliphatic heterocycles. The van der Waals surface area contributed by atoms with Gasteiger partial charge in [0.25, 0.3) is 0 Å². The number of rotatable bonds is 6. The van der Waals surface area contributed by atoms with E-state index in [1.165, 1.54) is 7.11 Å². The Balaban J connectivity index is 2.79.